The second-order valence-electron chi connectivity index (χ2n) is 5.14. The molecule has 0 bridgehead atoms. The molecule has 1 rings (SSSR count). The van der Waals surface area contributed by atoms with E-state index < -0.39 is 0 Å². The topological polar surface area (TPSA) is 32.3 Å². The fraction of sp³-hybridized carbons (Fsp3) is 0.562. The smallest absolute Gasteiger partial charge is 0.255 e. The van der Waals surface area contributed by atoms with E-state index in [0.29, 0.717) is 6.04 Å². The van der Waals surface area contributed by atoms with Gasteiger partial charge in [-0.25, -0.2) is 0 Å². The first kappa shape index (κ1) is 15.5. The van der Waals surface area contributed by atoms with Crippen LogP contribution in [-0.2, 0) is 0 Å². The molecule has 0 aliphatic carbocycles. The lowest BCUT2D eigenvalue weighted by Gasteiger charge is -2.23. The van der Waals surface area contributed by atoms with E-state index in [4.69, 9.17) is 0 Å². The van der Waals surface area contributed by atoms with E-state index in [0.717, 1.165) is 37.2 Å². The molecular formula is C16H26N2O. The Hall–Kier alpha value is -1.51. The van der Waals surface area contributed by atoms with Gasteiger partial charge in [0.15, 0.2) is 0 Å². The maximum Gasteiger partial charge on any atom is 0.255 e. The second kappa shape index (κ2) is 7.82. The first-order valence-electron chi connectivity index (χ1n) is 7.25. The summed E-state index contributed by atoms with van der Waals surface area (Å²) in [6, 6.07) is 8.09. The maximum absolute atomic E-state index is 12.6. The van der Waals surface area contributed by atoms with Gasteiger partial charge >= 0.3 is 0 Å². The van der Waals surface area contributed by atoms with Gasteiger partial charge in [0.1, 0.15) is 0 Å². The predicted molar refractivity (Wildman–Crippen MR) is 81.7 cm³/mol. The molecule has 0 atom stereocenters. The quantitative estimate of drug-likeness (QED) is 0.811. The Bertz CT molecular complexity index is 395. The maximum atomic E-state index is 12.6. The van der Waals surface area contributed by atoms with E-state index in [9.17, 15) is 4.79 Å². The molecule has 3 heteroatoms. The zero-order valence-corrected chi connectivity index (χ0v) is 12.6. The number of hydrogen-bond acceptors (Lipinski definition) is 2. The van der Waals surface area contributed by atoms with Crippen LogP contribution in [0.2, 0.25) is 0 Å². The van der Waals surface area contributed by atoms with Crippen LogP contribution in [0.5, 0.6) is 0 Å². The Labute approximate surface area is 117 Å². The fourth-order valence-electron chi connectivity index (χ4n) is 2.13. The van der Waals surface area contributed by atoms with Crippen molar-refractivity contribution in [3.8, 4) is 0 Å². The summed E-state index contributed by atoms with van der Waals surface area (Å²) >= 11 is 0. The second-order valence-corrected chi connectivity index (χ2v) is 5.14. The molecule has 3 nitrogen and oxygen atoms in total. The lowest BCUT2D eigenvalue weighted by Crippen LogP contribution is -2.33. The molecule has 0 aromatic heterocycles. The number of amides is 1. The number of para-hydroxylation sites is 1. The first-order valence-corrected chi connectivity index (χ1v) is 7.25. The van der Waals surface area contributed by atoms with E-state index >= 15 is 0 Å². The van der Waals surface area contributed by atoms with Crippen LogP contribution in [0.1, 0.15) is 50.9 Å². The number of nitrogens with zero attached hydrogens (tertiary/aromatic N) is 1. The molecule has 0 saturated heterocycles. The largest absolute Gasteiger partial charge is 0.382 e. The summed E-state index contributed by atoms with van der Waals surface area (Å²) in [6.07, 6.45) is 1.98. The van der Waals surface area contributed by atoms with Crippen molar-refractivity contribution >= 4 is 11.6 Å². The summed E-state index contributed by atoms with van der Waals surface area (Å²) in [7, 11) is 0. The van der Waals surface area contributed by atoms with Gasteiger partial charge in [0.25, 0.3) is 5.91 Å². The molecule has 0 heterocycles. The van der Waals surface area contributed by atoms with Gasteiger partial charge in [-0.05, 0) is 38.8 Å². The minimum atomic E-state index is 0.132. The highest BCUT2D eigenvalue weighted by molar-refractivity contribution is 5.99. The van der Waals surface area contributed by atoms with Gasteiger partial charge in [0.2, 0.25) is 0 Å². The predicted octanol–water partition coefficient (Wildman–Crippen LogP) is 3.77. The molecule has 0 aliphatic rings. The number of rotatable bonds is 7. The van der Waals surface area contributed by atoms with Gasteiger partial charge < -0.3 is 10.2 Å². The molecule has 1 aromatic carbocycles. The highest BCUT2D eigenvalue weighted by Crippen LogP contribution is 2.18. The molecule has 0 unspecified atom stereocenters. The summed E-state index contributed by atoms with van der Waals surface area (Å²) in [5, 5.41) is 3.35. The van der Waals surface area contributed by atoms with Gasteiger partial charge in [-0.15, -0.1) is 0 Å². The molecule has 0 aliphatic heterocycles. The van der Waals surface area contributed by atoms with Crippen molar-refractivity contribution in [2.45, 2.75) is 46.6 Å². The molecular weight excluding hydrogens is 236 g/mol. The third-order valence-corrected chi connectivity index (χ3v) is 2.88. The van der Waals surface area contributed by atoms with E-state index in [1.165, 1.54) is 0 Å². The van der Waals surface area contributed by atoms with Crippen LogP contribution < -0.4 is 5.32 Å². The highest BCUT2D eigenvalue weighted by atomic mass is 16.2. The van der Waals surface area contributed by atoms with E-state index in [2.05, 4.69) is 33.0 Å². The van der Waals surface area contributed by atoms with Crippen molar-refractivity contribution in [1.29, 1.82) is 0 Å². The number of nitrogens with one attached hydrogen (secondary N) is 1. The molecule has 1 aromatic rings. The monoisotopic (exact) mass is 262 g/mol. The zero-order chi connectivity index (χ0) is 14.3. The number of carbonyl (C=O) groups excluding carboxylic acids is 1. The number of benzene rings is 1. The van der Waals surface area contributed by atoms with Crippen LogP contribution in [-0.4, -0.2) is 29.9 Å². The van der Waals surface area contributed by atoms with Crippen LogP contribution in [0.15, 0.2) is 24.3 Å². The molecule has 0 radical (unpaired) electrons. The minimum Gasteiger partial charge on any atom is -0.382 e. The summed E-state index contributed by atoms with van der Waals surface area (Å²) in [5.41, 5.74) is 1.71. The average molecular weight is 262 g/mol. The van der Waals surface area contributed by atoms with E-state index in [1.54, 1.807) is 0 Å². The number of hydrogen-bond donors (Lipinski definition) is 1. The van der Waals surface area contributed by atoms with Gasteiger partial charge in [0, 0.05) is 24.8 Å². The molecule has 0 saturated carbocycles. The van der Waals surface area contributed by atoms with Crippen LogP contribution in [0, 0.1) is 0 Å². The lowest BCUT2D eigenvalue weighted by molar-refractivity contribution is 0.0756. The number of anilines is 1. The van der Waals surface area contributed by atoms with Gasteiger partial charge in [-0.1, -0.05) is 26.0 Å². The Balaban J connectivity index is 2.96. The van der Waals surface area contributed by atoms with E-state index in [1.807, 2.05) is 29.2 Å². The van der Waals surface area contributed by atoms with E-state index in [-0.39, 0.29) is 5.91 Å². The number of carbonyl (C=O) groups is 1. The molecule has 1 amide bonds. The molecule has 1 N–H and O–H groups in total. The normalized spacial score (nSPS) is 10.6. The Morgan fingerprint density at radius 1 is 1.16 bits per heavy atom. The summed E-state index contributed by atoms with van der Waals surface area (Å²) in [6.45, 7) is 10.0. The first-order chi connectivity index (χ1) is 9.10. The fourth-order valence-corrected chi connectivity index (χ4v) is 2.13. The Morgan fingerprint density at radius 2 is 1.74 bits per heavy atom. The highest BCUT2D eigenvalue weighted by Gasteiger charge is 2.17. The van der Waals surface area contributed by atoms with Crippen molar-refractivity contribution in [1.82, 2.24) is 4.90 Å². The summed E-state index contributed by atoms with van der Waals surface area (Å²) in [5.74, 6) is 0.132. The van der Waals surface area contributed by atoms with Crippen molar-refractivity contribution in [3.63, 3.8) is 0 Å². The molecule has 106 valence electrons. The third kappa shape index (κ3) is 4.58. The lowest BCUT2D eigenvalue weighted by atomic mass is 10.1. The molecule has 0 spiro atoms. The molecule has 0 fully saturated rings. The van der Waals surface area contributed by atoms with Crippen LogP contribution in [0.3, 0.4) is 0 Å². The van der Waals surface area contributed by atoms with Crippen LogP contribution >= 0.6 is 0 Å². The average Bonchev–Trinajstić information content (AvgIpc) is 2.38. The summed E-state index contributed by atoms with van der Waals surface area (Å²) < 4.78 is 0. The zero-order valence-electron chi connectivity index (χ0n) is 12.6. The van der Waals surface area contributed by atoms with Gasteiger partial charge in [-0.2, -0.15) is 0 Å². The van der Waals surface area contributed by atoms with Crippen LogP contribution in [0.4, 0.5) is 5.69 Å². The van der Waals surface area contributed by atoms with Crippen molar-refractivity contribution < 1.29 is 4.79 Å². The SMILES string of the molecule is CCCN(CCC)C(=O)c1ccccc1NC(C)C. The van der Waals surface area contributed by atoms with Crippen LogP contribution in [0.25, 0.3) is 0 Å². The Morgan fingerprint density at radius 3 is 2.26 bits per heavy atom. The summed E-state index contributed by atoms with van der Waals surface area (Å²) in [4.78, 5) is 14.6. The van der Waals surface area contributed by atoms with Crippen molar-refractivity contribution in [2.75, 3.05) is 18.4 Å². The third-order valence-electron chi connectivity index (χ3n) is 2.88. The standard InChI is InChI=1S/C16H26N2O/c1-5-11-18(12-6-2)16(19)14-9-7-8-10-15(14)17-13(3)4/h7-10,13,17H,5-6,11-12H2,1-4H3. The Kier molecular flexibility index (Phi) is 6.40. The molecule has 19 heavy (non-hydrogen) atoms. The van der Waals surface area contributed by atoms with Gasteiger partial charge in [-0.3, -0.25) is 4.79 Å². The van der Waals surface area contributed by atoms with Crippen molar-refractivity contribution in [3.05, 3.63) is 29.8 Å². The van der Waals surface area contributed by atoms with Gasteiger partial charge in [0.05, 0.1) is 5.56 Å². The minimum absolute atomic E-state index is 0.132. The van der Waals surface area contributed by atoms with Crippen molar-refractivity contribution in [2.24, 2.45) is 0 Å².